The Hall–Kier alpha value is -1.18. The van der Waals surface area contributed by atoms with Crippen LogP contribution < -0.4 is 0 Å². The van der Waals surface area contributed by atoms with Crippen LogP contribution in [0.1, 0.15) is 25.7 Å². The van der Waals surface area contributed by atoms with Gasteiger partial charge in [0.25, 0.3) is 0 Å². The maximum Gasteiger partial charge on any atom is 0 e. The molecule has 7 heteroatoms. The van der Waals surface area contributed by atoms with E-state index in [2.05, 4.69) is 20.0 Å². The van der Waals surface area contributed by atoms with Crippen LogP contribution in [-0.2, 0) is 40.8 Å². The Morgan fingerprint density at radius 2 is 1.33 bits per heavy atom. The zero-order chi connectivity index (χ0) is 16.4. The summed E-state index contributed by atoms with van der Waals surface area (Å²) in [6.45, 7) is 18.2. The predicted octanol–water partition coefficient (Wildman–Crippen LogP) is 2.78. The molecular weight excluding hydrogens is 319 g/mol. The van der Waals surface area contributed by atoms with E-state index in [1.165, 1.54) is 6.07 Å². The topological polar surface area (TPSA) is 78.2 Å². The molecule has 0 atom stereocenters. The monoisotopic (exact) mass is 334 g/mol. The van der Waals surface area contributed by atoms with Crippen LogP contribution in [0.4, 0.5) is 4.39 Å². The molecule has 0 N–H and O–H groups in total. The van der Waals surface area contributed by atoms with Crippen molar-refractivity contribution in [2.75, 3.05) is 13.2 Å². The summed E-state index contributed by atoms with van der Waals surface area (Å²) in [6.07, 6.45) is -0.591. The third-order valence-electron chi connectivity index (χ3n) is 1.80. The van der Waals surface area contributed by atoms with Crippen LogP contribution in [0.25, 0.3) is 0 Å². The molecule has 0 aliphatic carbocycles. The third kappa shape index (κ3) is 13.6. The van der Waals surface area contributed by atoms with Crippen LogP contribution in [0, 0.1) is 25.8 Å². The summed E-state index contributed by atoms with van der Waals surface area (Å²) in [5.74, 6) is -0.292. The molecule has 114 valence electrons. The fourth-order valence-electron chi connectivity index (χ4n) is 1.20. The maximum atomic E-state index is 13.3. The number of benzene rings is 1. The molecule has 1 aromatic carbocycles. The summed E-state index contributed by atoms with van der Waals surface area (Å²) in [5.41, 5.74) is 0.455. The van der Waals surface area contributed by atoms with E-state index in [1.807, 2.05) is 13.8 Å². The van der Waals surface area contributed by atoms with Crippen molar-refractivity contribution in [3.63, 3.8) is 0 Å². The summed E-state index contributed by atoms with van der Waals surface area (Å²) < 4.78 is 46.4. The molecule has 0 saturated carbocycles. The van der Waals surface area contributed by atoms with Gasteiger partial charge in [-0.1, -0.05) is 18.2 Å². The van der Waals surface area contributed by atoms with Crippen molar-refractivity contribution in [2.45, 2.75) is 20.1 Å². The molecule has 5 nitrogen and oxygen atoms in total. The average molecular weight is 334 g/mol. The number of rotatable bonds is 5. The molecule has 0 amide bonds. The fraction of sp³-hybridized carbons (Fsp3) is 0.357. The quantitative estimate of drug-likeness (QED) is 0.471. The molecule has 0 unspecified atom stereocenters. The Bertz CT molecular complexity index is 372. The van der Waals surface area contributed by atoms with Gasteiger partial charge in [-0.05, 0) is 19.9 Å². The van der Waals surface area contributed by atoms with Crippen molar-refractivity contribution in [2.24, 2.45) is 0 Å². The summed E-state index contributed by atoms with van der Waals surface area (Å²) in [6, 6.07) is 6.49. The predicted molar refractivity (Wildman–Crippen MR) is 64.2 cm³/mol. The van der Waals surface area contributed by atoms with Crippen LogP contribution >= 0.6 is 0 Å². The smallest absolute Gasteiger partial charge is 0 e. The van der Waals surface area contributed by atoms with Crippen LogP contribution in [0.3, 0.4) is 0 Å². The second-order valence-electron chi connectivity index (χ2n) is 2.76. The molecular formula is C14H15CrFO5. The first kappa shape index (κ1) is 28.1. The number of halogens is 1. The van der Waals surface area contributed by atoms with Gasteiger partial charge in [0.2, 0.25) is 0 Å². The van der Waals surface area contributed by atoms with Gasteiger partial charge in [0, 0.05) is 36.1 Å². The first-order chi connectivity index (χ1) is 9.79. The van der Waals surface area contributed by atoms with E-state index in [1.54, 1.807) is 18.2 Å². The van der Waals surface area contributed by atoms with E-state index in [0.29, 0.717) is 18.8 Å². The average Bonchev–Trinajstić information content (AvgIpc) is 2.54. The Morgan fingerprint density at radius 3 is 1.67 bits per heavy atom. The zero-order valence-corrected chi connectivity index (χ0v) is 12.9. The van der Waals surface area contributed by atoms with E-state index >= 15 is 0 Å². The zero-order valence-electron chi connectivity index (χ0n) is 11.6. The molecule has 0 aromatic heterocycles. The molecule has 0 heterocycles. The Balaban J connectivity index is -0.000000183. The van der Waals surface area contributed by atoms with E-state index in [9.17, 15) is 4.39 Å². The fourth-order valence-corrected chi connectivity index (χ4v) is 1.20. The van der Waals surface area contributed by atoms with Crippen LogP contribution in [0.2, 0.25) is 0 Å². The van der Waals surface area contributed by atoms with Crippen LogP contribution in [0.5, 0.6) is 0 Å². The second kappa shape index (κ2) is 23.9. The molecule has 21 heavy (non-hydrogen) atoms. The van der Waals surface area contributed by atoms with Crippen molar-refractivity contribution in [1.82, 2.24) is 0 Å². The summed E-state index contributed by atoms with van der Waals surface area (Å²) in [5, 5.41) is 0. The van der Waals surface area contributed by atoms with E-state index in [0.717, 1.165) is 0 Å². The molecule has 0 fully saturated rings. The van der Waals surface area contributed by atoms with E-state index < -0.39 is 6.29 Å². The number of hydrogen-bond acceptors (Lipinski definition) is 2. The molecule has 0 bridgehead atoms. The van der Waals surface area contributed by atoms with Crippen molar-refractivity contribution in [1.29, 1.82) is 0 Å². The van der Waals surface area contributed by atoms with Gasteiger partial charge in [-0.3, -0.25) is 0 Å². The van der Waals surface area contributed by atoms with E-state index in [-0.39, 0.29) is 23.2 Å². The summed E-state index contributed by atoms with van der Waals surface area (Å²) >= 11 is 0. The Morgan fingerprint density at radius 1 is 0.952 bits per heavy atom. The number of ether oxygens (including phenoxy) is 2. The van der Waals surface area contributed by atoms with Gasteiger partial charge >= 0.3 is 33.9 Å². The summed E-state index contributed by atoms with van der Waals surface area (Å²) in [4.78, 5) is 0. The minimum Gasteiger partial charge on any atom is 0 e. The van der Waals surface area contributed by atoms with Gasteiger partial charge in [-0.15, -0.1) is 0 Å². The van der Waals surface area contributed by atoms with Gasteiger partial charge in [0.15, 0.2) is 6.29 Å². The normalized spacial score (nSPS) is 7.52. The van der Waals surface area contributed by atoms with Gasteiger partial charge in [0.05, 0.1) is 0 Å². The molecule has 0 aliphatic rings. The first-order valence-corrected chi connectivity index (χ1v) is 5.38. The van der Waals surface area contributed by atoms with E-state index in [4.69, 9.17) is 23.4 Å². The SMILES string of the molecule is CCOC(OCC)c1ccccc1F.[C-]#[O+].[C-]#[O+].[C-]#[O+].[Cr]. The van der Waals surface area contributed by atoms with Gasteiger partial charge in [-0.25, -0.2) is 4.39 Å². The molecule has 1 rings (SSSR count). The van der Waals surface area contributed by atoms with Crippen molar-refractivity contribution < 1.29 is 45.2 Å². The van der Waals surface area contributed by atoms with Gasteiger partial charge in [0.1, 0.15) is 5.82 Å². The van der Waals surface area contributed by atoms with Crippen LogP contribution in [0.15, 0.2) is 24.3 Å². The molecule has 0 saturated heterocycles. The van der Waals surface area contributed by atoms with Crippen molar-refractivity contribution in [3.8, 4) is 0 Å². The molecule has 0 aliphatic heterocycles. The first-order valence-electron chi connectivity index (χ1n) is 5.38. The van der Waals surface area contributed by atoms with Crippen molar-refractivity contribution >= 4 is 0 Å². The minimum absolute atomic E-state index is 0. The Labute approximate surface area is 134 Å². The second-order valence-corrected chi connectivity index (χ2v) is 2.76. The van der Waals surface area contributed by atoms with Gasteiger partial charge in [-0.2, -0.15) is 0 Å². The standard InChI is InChI=1S/C11H15FO2.3CO.Cr/c1-3-13-11(14-4-2)9-7-5-6-8-10(9)12;3*1-2;/h5-8,11H,3-4H2,1-2H3;;;;. The Kier molecular flexibility index (Phi) is 31.9. The van der Waals surface area contributed by atoms with Gasteiger partial charge < -0.3 is 9.47 Å². The molecule has 0 spiro atoms. The largest absolute Gasteiger partial charge is 0 e. The molecule has 1 aromatic rings. The molecule has 0 radical (unpaired) electrons. The minimum atomic E-state index is -0.591. The summed E-state index contributed by atoms with van der Waals surface area (Å²) in [7, 11) is 0. The third-order valence-corrected chi connectivity index (χ3v) is 1.80. The number of hydrogen-bond donors (Lipinski definition) is 0. The maximum absolute atomic E-state index is 13.3. The van der Waals surface area contributed by atoms with Crippen LogP contribution in [-0.4, -0.2) is 13.2 Å². The van der Waals surface area contributed by atoms with Crippen molar-refractivity contribution in [3.05, 3.63) is 55.6 Å².